The van der Waals surface area contributed by atoms with E-state index in [0.29, 0.717) is 25.8 Å². The Morgan fingerprint density at radius 1 is 1.35 bits per heavy atom. The summed E-state index contributed by atoms with van der Waals surface area (Å²) < 4.78 is 30.4. The maximum atomic E-state index is 12.3. The first kappa shape index (κ1) is 14.4. The maximum absolute atomic E-state index is 12.3. The predicted octanol–water partition coefficient (Wildman–Crippen LogP) is 1.14. The molecule has 0 amide bonds. The smallest absolute Gasteiger partial charge is 0.321 e. The summed E-state index contributed by atoms with van der Waals surface area (Å²) in [6, 6.07) is 0. The van der Waals surface area contributed by atoms with E-state index in [0.717, 1.165) is 12.8 Å². The lowest BCUT2D eigenvalue weighted by Gasteiger charge is -2.23. The fourth-order valence-electron chi connectivity index (χ4n) is 2.15. The van der Waals surface area contributed by atoms with Crippen molar-refractivity contribution in [1.29, 1.82) is 0 Å². The van der Waals surface area contributed by atoms with E-state index in [-0.39, 0.29) is 11.8 Å². The zero-order valence-electron chi connectivity index (χ0n) is 10.5. The van der Waals surface area contributed by atoms with Gasteiger partial charge in [-0.25, -0.2) is 8.42 Å². The lowest BCUT2D eigenvalue weighted by atomic mass is 10.4. The summed E-state index contributed by atoms with van der Waals surface area (Å²) in [5.74, 6) is -0.500. The van der Waals surface area contributed by atoms with E-state index in [1.807, 2.05) is 6.92 Å². The highest BCUT2D eigenvalue weighted by atomic mass is 32.2. The van der Waals surface area contributed by atoms with Crippen LogP contribution in [0.4, 0.5) is 0 Å². The fraction of sp³-hybridized carbons (Fsp3) is 0.909. The topological polar surface area (TPSA) is 63.7 Å². The SMILES string of the molecule is CCCN(CC(=O)OC)S(=O)(=O)C1CCCC1. The molecule has 0 unspecified atom stereocenters. The Bertz CT molecular complexity index is 346. The molecule has 1 aliphatic rings. The minimum Gasteiger partial charge on any atom is -0.468 e. The normalized spacial score (nSPS) is 17.6. The molecule has 0 atom stereocenters. The van der Waals surface area contributed by atoms with Gasteiger partial charge in [-0.1, -0.05) is 19.8 Å². The van der Waals surface area contributed by atoms with Crippen LogP contribution in [0.5, 0.6) is 0 Å². The standard InChI is InChI=1S/C11H21NO4S/c1-3-8-12(9-11(13)16-2)17(14,15)10-6-4-5-7-10/h10H,3-9H2,1-2H3. The van der Waals surface area contributed by atoms with Gasteiger partial charge in [0.25, 0.3) is 0 Å². The Labute approximate surface area is 103 Å². The van der Waals surface area contributed by atoms with Crippen LogP contribution in [-0.2, 0) is 19.6 Å². The molecule has 1 rings (SSSR count). The number of ether oxygens (including phenoxy) is 1. The Balaban J connectivity index is 2.77. The lowest BCUT2D eigenvalue weighted by molar-refractivity contribution is -0.140. The monoisotopic (exact) mass is 263 g/mol. The minimum atomic E-state index is -3.34. The number of hydrogen-bond donors (Lipinski definition) is 0. The van der Waals surface area contributed by atoms with Gasteiger partial charge in [-0.15, -0.1) is 0 Å². The van der Waals surface area contributed by atoms with Crippen LogP contribution < -0.4 is 0 Å². The van der Waals surface area contributed by atoms with Crippen molar-refractivity contribution < 1.29 is 17.9 Å². The van der Waals surface area contributed by atoms with Crippen LogP contribution in [0.2, 0.25) is 0 Å². The average molecular weight is 263 g/mol. The van der Waals surface area contributed by atoms with Gasteiger partial charge in [0.1, 0.15) is 6.54 Å². The molecule has 0 saturated heterocycles. The van der Waals surface area contributed by atoms with Crippen molar-refractivity contribution in [2.75, 3.05) is 20.2 Å². The van der Waals surface area contributed by atoms with E-state index in [1.54, 1.807) is 0 Å². The number of sulfonamides is 1. The molecule has 1 fully saturated rings. The van der Waals surface area contributed by atoms with Gasteiger partial charge in [0.15, 0.2) is 0 Å². The van der Waals surface area contributed by atoms with E-state index in [9.17, 15) is 13.2 Å². The van der Waals surface area contributed by atoms with Crippen molar-refractivity contribution >= 4 is 16.0 Å². The zero-order valence-corrected chi connectivity index (χ0v) is 11.3. The van der Waals surface area contributed by atoms with Crippen LogP contribution in [0.25, 0.3) is 0 Å². The predicted molar refractivity (Wildman–Crippen MR) is 65.1 cm³/mol. The van der Waals surface area contributed by atoms with Gasteiger partial charge in [0.2, 0.25) is 10.0 Å². The van der Waals surface area contributed by atoms with Crippen molar-refractivity contribution in [2.24, 2.45) is 0 Å². The average Bonchev–Trinajstić information content (AvgIpc) is 2.82. The number of hydrogen-bond acceptors (Lipinski definition) is 4. The summed E-state index contributed by atoms with van der Waals surface area (Å²) in [6.07, 6.45) is 4.04. The second kappa shape index (κ2) is 6.35. The van der Waals surface area contributed by atoms with Crippen molar-refractivity contribution in [2.45, 2.75) is 44.3 Å². The van der Waals surface area contributed by atoms with Crippen molar-refractivity contribution in [3.8, 4) is 0 Å². The van der Waals surface area contributed by atoms with Gasteiger partial charge in [0.05, 0.1) is 12.4 Å². The van der Waals surface area contributed by atoms with Gasteiger partial charge < -0.3 is 4.74 Å². The van der Waals surface area contributed by atoms with E-state index in [2.05, 4.69) is 4.74 Å². The lowest BCUT2D eigenvalue weighted by Crippen LogP contribution is -2.41. The van der Waals surface area contributed by atoms with Crippen LogP contribution in [0.15, 0.2) is 0 Å². The molecule has 6 heteroatoms. The van der Waals surface area contributed by atoms with Gasteiger partial charge in [-0.2, -0.15) is 4.31 Å². The zero-order chi connectivity index (χ0) is 12.9. The first-order valence-electron chi connectivity index (χ1n) is 6.08. The van der Waals surface area contributed by atoms with E-state index in [4.69, 9.17) is 0 Å². The number of methoxy groups -OCH3 is 1. The highest BCUT2D eigenvalue weighted by Gasteiger charge is 2.34. The second-order valence-electron chi connectivity index (χ2n) is 4.36. The molecule has 0 aliphatic heterocycles. The van der Waals surface area contributed by atoms with E-state index in [1.165, 1.54) is 11.4 Å². The van der Waals surface area contributed by atoms with E-state index < -0.39 is 16.0 Å². The number of nitrogens with zero attached hydrogens (tertiary/aromatic N) is 1. The summed E-state index contributed by atoms with van der Waals surface area (Å²) in [6.45, 7) is 2.12. The first-order chi connectivity index (χ1) is 8.02. The van der Waals surface area contributed by atoms with Crippen LogP contribution in [-0.4, -0.2) is 44.1 Å². The minimum absolute atomic E-state index is 0.164. The molecule has 0 N–H and O–H groups in total. The summed E-state index contributed by atoms with van der Waals surface area (Å²) in [4.78, 5) is 11.2. The molecule has 0 radical (unpaired) electrons. The van der Waals surface area contributed by atoms with Crippen molar-refractivity contribution in [3.05, 3.63) is 0 Å². The molecular formula is C11H21NO4S. The van der Waals surface area contributed by atoms with Gasteiger partial charge in [0, 0.05) is 6.54 Å². The van der Waals surface area contributed by atoms with Gasteiger partial charge in [-0.05, 0) is 19.3 Å². The number of carbonyl (C=O) groups is 1. The third-order valence-electron chi connectivity index (χ3n) is 3.09. The van der Waals surface area contributed by atoms with Crippen molar-refractivity contribution in [1.82, 2.24) is 4.31 Å². The first-order valence-corrected chi connectivity index (χ1v) is 7.58. The molecule has 17 heavy (non-hydrogen) atoms. The summed E-state index contributed by atoms with van der Waals surface area (Å²) >= 11 is 0. The third-order valence-corrected chi connectivity index (χ3v) is 5.43. The Morgan fingerprint density at radius 3 is 2.41 bits per heavy atom. The Hall–Kier alpha value is -0.620. The summed E-state index contributed by atoms with van der Waals surface area (Å²) in [5.41, 5.74) is 0. The summed E-state index contributed by atoms with van der Waals surface area (Å²) in [7, 11) is -2.06. The molecule has 0 heterocycles. The Morgan fingerprint density at radius 2 is 1.94 bits per heavy atom. The van der Waals surface area contributed by atoms with Gasteiger partial charge in [-0.3, -0.25) is 4.79 Å². The van der Waals surface area contributed by atoms with Crippen LogP contribution in [0, 0.1) is 0 Å². The quantitative estimate of drug-likeness (QED) is 0.674. The highest BCUT2D eigenvalue weighted by Crippen LogP contribution is 2.27. The second-order valence-corrected chi connectivity index (χ2v) is 6.57. The molecule has 0 bridgehead atoms. The molecule has 0 aromatic rings. The van der Waals surface area contributed by atoms with Gasteiger partial charge >= 0.3 is 5.97 Å². The molecule has 1 aliphatic carbocycles. The molecular weight excluding hydrogens is 242 g/mol. The largest absolute Gasteiger partial charge is 0.468 e. The molecule has 1 saturated carbocycles. The van der Waals surface area contributed by atoms with Crippen molar-refractivity contribution in [3.63, 3.8) is 0 Å². The third kappa shape index (κ3) is 3.67. The molecule has 0 aromatic carbocycles. The highest BCUT2D eigenvalue weighted by molar-refractivity contribution is 7.89. The number of esters is 1. The van der Waals surface area contributed by atoms with Crippen LogP contribution in [0.3, 0.4) is 0 Å². The van der Waals surface area contributed by atoms with Crippen LogP contribution >= 0.6 is 0 Å². The Kier molecular flexibility index (Phi) is 5.39. The molecule has 100 valence electrons. The maximum Gasteiger partial charge on any atom is 0.321 e. The van der Waals surface area contributed by atoms with E-state index >= 15 is 0 Å². The van der Waals surface area contributed by atoms with Crippen LogP contribution in [0.1, 0.15) is 39.0 Å². The number of carbonyl (C=O) groups excluding carboxylic acids is 1. The number of rotatable bonds is 6. The summed E-state index contributed by atoms with van der Waals surface area (Å²) in [5, 5.41) is -0.307. The molecule has 0 aromatic heterocycles. The molecule has 5 nitrogen and oxygen atoms in total. The molecule has 0 spiro atoms. The fourth-order valence-corrected chi connectivity index (χ4v) is 4.22.